The van der Waals surface area contributed by atoms with Crippen LogP contribution in [0.15, 0.2) is 23.4 Å². The van der Waals surface area contributed by atoms with E-state index in [4.69, 9.17) is 0 Å². The van der Waals surface area contributed by atoms with Gasteiger partial charge in [0.1, 0.15) is 5.69 Å². The van der Waals surface area contributed by atoms with Gasteiger partial charge in [-0.2, -0.15) is 5.10 Å². The first kappa shape index (κ1) is 24.1. The number of carbonyl (C=O) groups excluding carboxylic acids is 1. The molecule has 2 unspecified atom stereocenters. The Morgan fingerprint density at radius 3 is 2.62 bits per heavy atom. The molecule has 1 saturated carbocycles. The minimum Gasteiger partial charge on any atom is -0.321 e. The zero-order valence-electron chi connectivity index (χ0n) is 17.8. The van der Waals surface area contributed by atoms with Gasteiger partial charge in [0.05, 0.1) is 11.6 Å². The highest BCUT2D eigenvalue weighted by Gasteiger charge is 2.40. The standard InChI is InChI=1S/C20H24F4N4O3S/c1-11-16(12(2)18(21)22)27-28(10-13-4-6-20(23,24)9-13)17(11)19(29)26-14-5-7-25-15(8-14)32(3,30)31/h5,7-8,12-13,18H,4,6,9-10H2,1-3H3,(H,25,26,29). The number of nitrogens with one attached hydrogen (secondary N) is 1. The second-order valence-corrected chi connectivity index (χ2v) is 10.2. The maximum atomic E-state index is 13.6. The average molecular weight is 476 g/mol. The van der Waals surface area contributed by atoms with E-state index in [1.165, 1.54) is 36.9 Å². The minimum atomic E-state index is -3.62. The van der Waals surface area contributed by atoms with Crippen LogP contribution in [0, 0.1) is 12.8 Å². The molecule has 1 fully saturated rings. The highest BCUT2D eigenvalue weighted by Crippen LogP contribution is 2.40. The molecule has 0 aromatic carbocycles. The van der Waals surface area contributed by atoms with Crippen molar-refractivity contribution >= 4 is 21.4 Å². The molecule has 0 radical (unpaired) electrons. The van der Waals surface area contributed by atoms with Crippen molar-refractivity contribution in [1.82, 2.24) is 14.8 Å². The molecule has 2 aromatic rings. The van der Waals surface area contributed by atoms with E-state index in [1.54, 1.807) is 0 Å². The van der Waals surface area contributed by atoms with Gasteiger partial charge in [0.2, 0.25) is 12.3 Å². The Kier molecular flexibility index (Phi) is 6.64. The highest BCUT2D eigenvalue weighted by atomic mass is 32.2. The molecule has 2 heterocycles. The molecule has 1 amide bonds. The van der Waals surface area contributed by atoms with Crippen molar-refractivity contribution < 1.29 is 30.8 Å². The highest BCUT2D eigenvalue weighted by molar-refractivity contribution is 7.90. The van der Waals surface area contributed by atoms with E-state index in [-0.39, 0.29) is 53.5 Å². The van der Waals surface area contributed by atoms with Crippen LogP contribution in [-0.4, -0.2) is 47.7 Å². The van der Waals surface area contributed by atoms with Crippen LogP contribution >= 0.6 is 0 Å². The fourth-order valence-electron chi connectivity index (χ4n) is 3.86. The van der Waals surface area contributed by atoms with E-state index in [0.717, 1.165) is 6.26 Å². The number of aromatic nitrogens is 3. The molecule has 2 atom stereocenters. The molecule has 2 aromatic heterocycles. The van der Waals surface area contributed by atoms with Crippen LogP contribution in [0.3, 0.4) is 0 Å². The number of rotatable bonds is 7. The summed E-state index contributed by atoms with van der Waals surface area (Å²) in [5.41, 5.74) is 0.341. The first-order valence-corrected chi connectivity index (χ1v) is 11.9. The van der Waals surface area contributed by atoms with E-state index in [9.17, 15) is 30.8 Å². The average Bonchev–Trinajstić information content (AvgIpc) is 3.19. The predicted molar refractivity (Wildman–Crippen MR) is 109 cm³/mol. The lowest BCUT2D eigenvalue weighted by atomic mass is 10.0. The smallest absolute Gasteiger partial charge is 0.274 e. The Labute approximate surface area is 183 Å². The minimum absolute atomic E-state index is 0.0138. The molecular weight excluding hydrogens is 452 g/mol. The van der Waals surface area contributed by atoms with Gasteiger partial charge in [-0.25, -0.2) is 31.0 Å². The van der Waals surface area contributed by atoms with Gasteiger partial charge >= 0.3 is 0 Å². The Morgan fingerprint density at radius 2 is 2.06 bits per heavy atom. The summed E-state index contributed by atoms with van der Waals surface area (Å²) in [6.45, 7) is 2.74. The summed E-state index contributed by atoms with van der Waals surface area (Å²) in [7, 11) is -3.62. The molecule has 0 saturated heterocycles. The molecule has 3 rings (SSSR count). The topological polar surface area (TPSA) is 93.9 Å². The maximum absolute atomic E-state index is 13.6. The number of pyridine rings is 1. The molecule has 7 nitrogen and oxygen atoms in total. The van der Waals surface area contributed by atoms with E-state index in [0.29, 0.717) is 0 Å². The van der Waals surface area contributed by atoms with Crippen LogP contribution in [0.5, 0.6) is 0 Å². The van der Waals surface area contributed by atoms with Crippen molar-refractivity contribution in [2.24, 2.45) is 5.92 Å². The van der Waals surface area contributed by atoms with Crippen LogP contribution in [0.2, 0.25) is 0 Å². The summed E-state index contributed by atoms with van der Waals surface area (Å²) >= 11 is 0. The van der Waals surface area contributed by atoms with Gasteiger partial charge in [-0.3, -0.25) is 9.48 Å². The largest absolute Gasteiger partial charge is 0.321 e. The number of anilines is 1. The third-order valence-corrected chi connectivity index (χ3v) is 6.54. The molecule has 32 heavy (non-hydrogen) atoms. The van der Waals surface area contributed by atoms with Crippen LogP contribution in [0.25, 0.3) is 0 Å². The van der Waals surface area contributed by atoms with Gasteiger partial charge in [0.15, 0.2) is 14.9 Å². The van der Waals surface area contributed by atoms with E-state index in [1.807, 2.05) is 0 Å². The fraction of sp³-hybridized carbons (Fsp3) is 0.550. The van der Waals surface area contributed by atoms with Crippen molar-refractivity contribution in [2.75, 3.05) is 11.6 Å². The number of hydrogen-bond acceptors (Lipinski definition) is 5. The van der Waals surface area contributed by atoms with Gasteiger partial charge in [-0.15, -0.1) is 0 Å². The number of sulfone groups is 1. The lowest BCUT2D eigenvalue weighted by Crippen LogP contribution is -2.22. The molecule has 0 aliphatic heterocycles. The maximum Gasteiger partial charge on any atom is 0.274 e. The molecule has 0 bridgehead atoms. The first-order chi connectivity index (χ1) is 14.8. The fourth-order valence-corrected chi connectivity index (χ4v) is 4.46. The third kappa shape index (κ3) is 5.28. The zero-order chi connectivity index (χ0) is 23.8. The number of alkyl halides is 4. The SMILES string of the molecule is Cc1c(C(C)C(F)F)nn(CC2CCC(F)(F)C2)c1C(=O)Nc1ccnc(S(C)(=O)=O)c1. The van der Waals surface area contributed by atoms with E-state index >= 15 is 0 Å². The van der Waals surface area contributed by atoms with Gasteiger partial charge in [0, 0.05) is 43.1 Å². The van der Waals surface area contributed by atoms with Gasteiger partial charge in [0.25, 0.3) is 5.91 Å². The van der Waals surface area contributed by atoms with Crippen LogP contribution < -0.4 is 5.32 Å². The Balaban J connectivity index is 1.95. The predicted octanol–water partition coefficient (Wildman–Crippen LogP) is 4.05. The number of nitrogens with zero attached hydrogens (tertiary/aromatic N) is 3. The van der Waals surface area contributed by atoms with Crippen LogP contribution in [0.1, 0.15) is 53.8 Å². The quantitative estimate of drug-likeness (QED) is 0.609. The summed E-state index contributed by atoms with van der Waals surface area (Å²) in [4.78, 5) is 16.8. The number of carbonyl (C=O) groups is 1. The molecule has 1 aliphatic carbocycles. The molecule has 12 heteroatoms. The Hall–Kier alpha value is -2.50. The summed E-state index contributed by atoms with van der Waals surface area (Å²) in [6.07, 6.45) is -0.952. The van der Waals surface area contributed by atoms with Crippen LogP contribution in [-0.2, 0) is 16.4 Å². The van der Waals surface area contributed by atoms with Gasteiger partial charge < -0.3 is 5.32 Å². The zero-order valence-corrected chi connectivity index (χ0v) is 18.6. The van der Waals surface area contributed by atoms with Crippen molar-refractivity contribution in [3.8, 4) is 0 Å². The van der Waals surface area contributed by atoms with Crippen molar-refractivity contribution in [1.29, 1.82) is 0 Å². The van der Waals surface area contributed by atoms with Crippen molar-refractivity contribution in [3.05, 3.63) is 35.3 Å². The summed E-state index contributed by atoms with van der Waals surface area (Å²) in [5, 5.41) is 6.47. The van der Waals surface area contributed by atoms with Crippen LogP contribution in [0.4, 0.5) is 23.2 Å². The summed E-state index contributed by atoms with van der Waals surface area (Å²) in [5.74, 6) is -5.22. The first-order valence-electron chi connectivity index (χ1n) is 9.99. The Morgan fingerprint density at radius 1 is 1.38 bits per heavy atom. The third-order valence-electron chi connectivity index (χ3n) is 5.56. The van der Waals surface area contributed by atoms with Gasteiger partial charge in [-0.05, 0) is 31.4 Å². The molecule has 1 N–H and O–H groups in total. The molecule has 1 aliphatic rings. The number of amides is 1. The molecular formula is C20H24F4N4O3S. The van der Waals surface area contributed by atoms with E-state index in [2.05, 4.69) is 15.4 Å². The Bertz CT molecular complexity index is 1120. The molecule has 0 spiro atoms. The second kappa shape index (κ2) is 8.80. The number of hydrogen-bond donors (Lipinski definition) is 1. The number of halogens is 4. The van der Waals surface area contributed by atoms with Gasteiger partial charge in [-0.1, -0.05) is 6.92 Å². The molecule has 176 valence electrons. The van der Waals surface area contributed by atoms with Crippen molar-refractivity contribution in [3.63, 3.8) is 0 Å². The normalized spacial score (nSPS) is 19.3. The summed E-state index contributed by atoms with van der Waals surface area (Å²) < 4.78 is 78.6. The second-order valence-electron chi connectivity index (χ2n) is 8.24. The van der Waals surface area contributed by atoms with E-state index < -0.39 is 39.9 Å². The summed E-state index contributed by atoms with van der Waals surface area (Å²) in [6, 6.07) is 2.55. The van der Waals surface area contributed by atoms with Crippen molar-refractivity contribution in [2.45, 2.75) is 62.9 Å². The lowest BCUT2D eigenvalue weighted by Gasteiger charge is -2.14. The monoisotopic (exact) mass is 476 g/mol. The lowest BCUT2D eigenvalue weighted by molar-refractivity contribution is 0.00421.